The lowest BCUT2D eigenvalue weighted by Gasteiger charge is -2.22. The highest BCUT2D eigenvalue weighted by Gasteiger charge is 2.39. The van der Waals surface area contributed by atoms with Crippen LogP contribution in [0, 0.1) is 0 Å². The maximum absolute atomic E-state index is 13.0. The Morgan fingerprint density at radius 1 is 1.32 bits per heavy atom. The first-order valence-electron chi connectivity index (χ1n) is 9.96. The molecule has 2 N–H and O–H groups in total. The average Bonchev–Trinajstić information content (AvgIpc) is 3.29. The van der Waals surface area contributed by atoms with Crippen LogP contribution < -0.4 is 14.9 Å². The number of sulfonamides is 1. The van der Waals surface area contributed by atoms with Crippen molar-refractivity contribution in [2.24, 2.45) is 5.10 Å². The fraction of sp³-hybridized carbons (Fsp3) is 0.286. The highest BCUT2D eigenvalue weighted by molar-refractivity contribution is 9.10. The Balaban J connectivity index is 1.71. The number of hydrogen-bond acceptors (Lipinski definition) is 7. The number of carbonyl (C=O) groups is 2. The van der Waals surface area contributed by atoms with E-state index in [-0.39, 0.29) is 22.9 Å². The summed E-state index contributed by atoms with van der Waals surface area (Å²) in [6, 6.07) is 8.01. The number of aliphatic carboxylic acids is 1. The monoisotopic (exact) mass is 573 g/mol. The fourth-order valence-corrected chi connectivity index (χ4v) is 5.72. The summed E-state index contributed by atoms with van der Waals surface area (Å²) in [6.45, 7) is -0.329. The van der Waals surface area contributed by atoms with Gasteiger partial charge in [0.05, 0.1) is 22.7 Å². The number of carboxylic acids is 1. The number of methoxy groups -OCH3 is 1. The van der Waals surface area contributed by atoms with E-state index >= 15 is 0 Å². The summed E-state index contributed by atoms with van der Waals surface area (Å²) in [5.41, 5.74) is 2.90. The number of carboxylic acid groups (broad SMARTS) is 1. The zero-order chi connectivity index (χ0) is 24.9. The molecule has 0 radical (unpaired) electrons. The van der Waals surface area contributed by atoms with E-state index in [1.54, 1.807) is 12.1 Å². The summed E-state index contributed by atoms with van der Waals surface area (Å²) in [5, 5.41) is 13.1. The molecule has 0 aliphatic carbocycles. The third-order valence-corrected chi connectivity index (χ3v) is 7.67. The van der Waals surface area contributed by atoms with Crippen molar-refractivity contribution in [3.05, 3.63) is 51.5 Å². The van der Waals surface area contributed by atoms with Crippen LogP contribution in [0.5, 0.6) is 11.5 Å². The van der Waals surface area contributed by atoms with Gasteiger partial charge in [0, 0.05) is 11.6 Å². The number of rotatable bonds is 9. The first-order valence-corrected chi connectivity index (χ1v) is 12.6. The summed E-state index contributed by atoms with van der Waals surface area (Å²) in [4.78, 5) is 23.5. The van der Waals surface area contributed by atoms with Crippen molar-refractivity contribution < 1.29 is 32.6 Å². The molecule has 1 fully saturated rings. The molecule has 2 aromatic carbocycles. The number of nitrogens with one attached hydrogen (secondary N) is 1. The van der Waals surface area contributed by atoms with Gasteiger partial charge in [-0.25, -0.2) is 18.6 Å². The van der Waals surface area contributed by atoms with E-state index in [4.69, 9.17) is 26.2 Å². The number of hydrogen-bond donors (Lipinski definition) is 2. The average molecular weight is 575 g/mol. The summed E-state index contributed by atoms with van der Waals surface area (Å²) in [6.07, 6.45) is 2.25. The second kappa shape index (κ2) is 11.2. The van der Waals surface area contributed by atoms with Gasteiger partial charge in [0.1, 0.15) is 6.04 Å². The molecule has 2 aromatic rings. The lowest BCUT2D eigenvalue weighted by molar-refractivity contribution is -0.139. The van der Waals surface area contributed by atoms with Gasteiger partial charge < -0.3 is 14.6 Å². The van der Waals surface area contributed by atoms with Crippen molar-refractivity contribution in [2.75, 3.05) is 20.3 Å². The van der Waals surface area contributed by atoms with E-state index in [0.29, 0.717) is 27.9 Å². The van der Waals surface area contributed by atoms with Crippen molar-refractivity contribution in [3.8, 4) is 11.5 Å². The van der Waals surface area contributed by atoms with Crippen LogP contribution in [0.1, 0.15) is 18.4 Å². The van der Waals surface area contributed by atoms with E-state index in [0.717, 1.165) is 4.31 Å². The fourth-order valence-electron chi connectivity index (χ4n) is 3.37. The van der Waals surface area contributed by atoms with Crippen LogP contribution in [0.25, 0.3) is 0 Å². The van der Waals surface area contributed by atoms with Crippen LogP contribution in [0.2, 0.25) is 5.02 Å². The Labute approximate surface area is 209 Å². The molecular formula is C21H21BrClN3O7S. The standard InChI is InChI=1S/C21H21BrClN3O7S/c1-32-18-10-13(9-16(22)20(18)33-12-19(27)28)11-24-25-21(29)17-3-2-8-26(17)34(30,31)15-6-4-14(23)5-7-15/h4-7,9-11,17H,2-3,8,12H2,1H3,(H,25,29)(H,27,28)/b24-11-/t17-/m0/s1. The quantitative estimate of drug-likeness (QED) is 0.347. The van der Waals surface area contributed by atoms with Gasteiger partial charge in [0.15, 0.2) is 18.1 Å². The number of hydrazone groups is 1. The molecule has 1 atom stereocenters. The third-order valence-electron chi connectivity index (χ3n) is 4.91. The van der Waals surface area contributed by atoms with Gasteiger partial charge in [-0.05, 0) is 70.7 Å². The van der Waals surface area contributed by atoms with Gasteiger partial charge in [0.25, 0.3) is 5.91 Å². The van der Waals surface area contributed by atoms with Gasteiger partial charge >= 0.3 is 5.97 Å². The first kappa shape index (κ1) is 25.9. The highest BCUT2D eigenvalue weighted by Crippen LogP contribution is 2.36. The van der Waals surface area contributed by atoms with E-state index in [1.165, 1.54) is 37.6 Å². The molecule has 0 bridgehead atoms. The van der Waals surface area contributed by atoms with Crippen molar-refractivity contribution in [3.63, 3.8) is 0 Å². The van der Waals surface area contributed by atoms with Gasteiger partial charge in [-0.3, -0.25) is 4.79 Å². The number of carbonyl (C=O) groups excluding carboxylic acids is 1. The number of nitrogens with zero attached hydrogens (tertiary/aromatic N) is 2. The molecule has 0 saturated carbocycles. The Morgan fingerprint density at radius 2 is 2.03 bits per heavy atom. The number of benzene rings is 2. The third kappa shape index (κ3) is 6.06. The molecule has 0 spiro atoms. The molecule has 10 nitrogen and oxygen atoms in total. The predicted molar refractivity (Wildman–Crippen MR) is 128 cm³/mol. The zero-order valence-corrected chi connectivity index (χ0v) is 21.1. The molecule has 1 saturated heterocycles. The van der Waals surface area contributed by atoms with Crippen LogP contribution in [0.4, 0.5) is 0 Å². The molecule has 182 valence electrons. The minimum atomic E-state index is -3.87. The van der Waals surface area contributed by atoms with Crippen molar-refractivity contribution >= 4 is 55.6 Å². The molecule has 13 heteroatoms. The molecule has 3 rings (SSSR count). The molecule has 0 aromatic heterocycles. The first-order chi connectivity index (χ1) is 16.1. The Bertz CT molecular complexity index is 1210. The Hall–Kier alpha value is -2.67. The van der Waals surface area contributed by atoms with Crippen LogP contribution in [-0.4, -0.2) is 62.2 Å². The normalized spacial score (nSPS) is 16.5. The summed E-state index contributed by atoms with van der Waals surface area (Å²) >= 11 is 9.14. The van der Waals surface area contributed by atoms with Crippen LogP contribution in [-0.2, 0) is 19.6 Å². The van der Waals surface area contributed by atoms with E-state index in [2.05, 4.69) is 26.5 Å². The highest BCUT2D eigenvalue weighted by atomic mass is 79.9. The molecular weight excluding hydrogens is 554 g/mol. The minimum Gasteiger partial charge on any atom is -0.493 e. The van der Waals surface area contributed by atoms with Gasteiger partial charge in [-0.1, -0.05) is 11.6 Å². The SMILES string of the molecule is COc1cc(/C=N\NC(=O)[C@@H]2CCCN2S(=O)(=O)c2ccc(Cl)cc2)cc(Br)c1OCC(=O)O. The second-order valence-corrected chi connectivity index (χ2v) is 10.4. The number of ether oxygens (including phenoxy) is 2. The second-order valence-electron chi connectivity index (χ2n) is 7.18. The number of halogens is 2. The summed E-state index contributed by atoms with van der Waals surface area (Å²) < 4.78 is 38.0. The molecule has 1 heterocycles. The van der Waals surface area contributed by atoms with Crippen molar-refractivity contribution in [1.29, 1.82) is 0 Å². The van der Waals surface area contributed by atoms with Crippen LogP contribution in [0.3, 0.4) is 0 Å². The molecule has 1 aliphatic rings. The van der Waals surface area contributed by atoms with Crippen LogP contribution in [0.15, 0.2) is 50.9 Å². The topological polar surface area (TPSA) is 135 Å². The maximum atomic E-state index is 13.0. The van der Waals surface area contributed by atoms with Gasteiger partial charge in [-0.2, -0.15) is 9.41 Å². The molecule has 34 heavy (non-hydrogen) atoms. The van der Waals surface area contributed by atoms with E-state index in [9.17, 15) is 18.0 Å². The maximum Gasteiger partial charge on any atom is 0.341 e. The van der Waals surface area contributed by atoms with E-state index < -0.39 is 34.5 Å². The van der Waals surface area contributed by atoms with Crippen molar-refractivity contribution in [1.82, 2.24) is 9.73 Å². The lowest BCUT2D eigenvalue weighted by atomic mass is 10.2. The molecule has 0 unspecified atom stereocenters. The molecule has 1 aliphatic heterocycles. The smallest absolute Gasteiger partial charge is 0.341 e. The largest absolute Gasteiger partial charge is 0.493 e. The van der Waals surface area contributed by atoms with E-state index in [1.807, 2.05) is 0 Å². The van der Waals surface area contributed by atoms with Crippen molar-refractivity contribution in [2.45, 2.75) is 23.8 Å². The zero-order valence-electron chi connectivity index (χ0n) is 17.9. The lowest BCUT2D eigenvalue weighted by Crippen LogP contribution is -2.44. The summed E-state index contributed by atoms with van der Waals surface area (Å²) in [7, 11) is -2.48. The van der Waals surface area contributed by atoms with Crippen LogP contribution >= 0.6 is 27.5 Å². The van der Waals surface area contributed by atoms with Gasteiger partial charge in [0.2, 0.25) is 10.0 Å². The predicted octanol–water partition coefficient (Wildman–Crippen LogP) is 2.88. The Kier molecular flexibility index (Phi) is 8.52. The number of amides is 1. The van der Waals surface area contributed by atoms with Gasteiger partial charge in [-0.15, -0.1) is 0 Å². The minimum absolute atomic E-state index is 0.0576. The Morgan fingerprint density at radius 3 is 2.68 bits per heavy atom. The summed E-state index contributed by atoms with van der Waals surface area (Å²) in [5.74, 6) is -1.22. The molecule has 1 amide bonds.